The van der Waals surface area contributed by atoms with Gasteiger partial charge in [0.25, 0.3) is 0 Å². The number of allylic oxidation sites excluding steroid dienone is 1. The van der Waals surface area contributed by atoms with Gasteiger partial charge in [-0.1, -0.05) is 60.7 Å². The molecule has 0 spiro atoms. The zero-order valence-electron chi connectivity index (χ0n) is 14.4. The average molecular weight is 373 g/mol. The molecule has 1 N–H and O–H groups in total. The minimum absolute atomic E-state index is 0.0698. The smallest absolute Gasteiger partial charge is 0.250 e. The first-order chi connectivity index (χ1) is 13.2. The van der Waals surface area contributed by atoms with E-state index < -0.39 is 10.8 Å². The van der Waals surface area contributed by atoms with E-state index in [1.807, 2.05) is 77.5 Å². The molecule has 1 heterocycles. The summed E-state index contributed by atoms with van der Waals surface area (Å²) in [6, 6.07) is 25.9. The topological polar surface area (TPSA) is 55.2 Å². The molecular weight excluding hydrogens is 356 g/mol. The first kappa shape index (κ1) is 17.1. The van der Waals surface area contributed by atoms with Crippen molar-refractivity contribution in [1.29, 1.82) is 0 Å². The van der Waals surface area contributed by atoms with Crippen LogP contribution in [0, 0.1) is 5.50 Å². The number of rotatable bonds is 4. The van der Waals surface area contributed by atoms with Crippen molar-refractivity contribution in [1.82, 2.24) is 0 Å². The molecule has 0 radical (unpaired) electrons. The van der Waals surface area contributed by atoms with Crippen molar-refractivity contribution < 1.29 is 13.9 Å². The first-order valence-electron chi connectivity index (χ1n) is 8.49. The van der Waals surface area contributed by atoms with Crippen LogP contribution in [0.15, 0.2) is 89.8 Å². The van der Waals surface area contributed by atoms with Crippen molar-refractivity contribution in [3.63, 3.8) is 0 Å². The molecule has 0 saturated carbocycles. The van der Waals surface area contributed by atoms with Gasteiger partial charge in [0.1, 0.15) is 16.5 Å². The Morgan fingerprint density at radius 1 is 0.926 bits per heavy atom. The largest absolute Gasteiger partial charge is 0.872 e. The standard InChI is InChI=1S/C22H18N2O2S/c25-20-13-7-8-17(14-20)15-21-16-24(19-11-5-2-6-12-19)22(27(21)26)23-18-9-3-1-4-10-18/h1-16,23,25H/p-1. The predicted molar refractivity (Wildman–Crippen MR) is 108 cm³/mol. The lowest BCUT2D eigenvalue weighted by molar-refractivity contribution is -0.393. The molecular formula is C22H17N2O2S-. The van der Waals surface area contributed by atoms with E-state index in [9.17, 15) is 9.32 Å². The van der Waals surface area contributed by atoms with Gasteiger partial charge >= 0.3 is 0 Å². The molecule has 0 saturated heterocycles. The minimum Gasteiger partial charge on any atom is -0.872 e. The van der Waals surface area contributed by atoms with Crippen LogP contribution in [0.2, 0.25) is 0 Å². The van der Waals surface area contributed by atoms with Crippen LogP contribution in [0.4, 0.5) is 11.4 Å². The summed E-state index contributed by atoms with van der Waals surface area (Å²) in [6.45, 7) is 0. The first-order valence-corrected chi connectivity index (χ1v) is 9.64. The molecule has 4 nitrogen and oxygen atoms in total. The van der Waals surface area contributed by atoms with Crippen molar-refractivity contribution in [3.8, 4) is 5.75 Å². The van der Waals surface area contributed by atoms with E-state index in [1.54, 1.807) is 12.1 Å². The molecule has 4 rings (SSSR count). The minimum atomic E-state index is -1.40. The third kappa shape index (κ3) is 3.78. The van der Waals surface area contributed by atoms with E-state index in [1.165, 1.54) is 12.1 Å². The summed E-state index contributed by atoms with van der Waals surface area (Å²) in [5.41, 5.74) is 3.07. The maximum absolute atomic E-state index is 13.2. The second-order valence-electron chi connectivity index (χ2n) is 6.02. The van der Waals surface area contributed by atoms with Gasteiger partial charge in [0.2, 0.25) is 5.50 Å². The summed E-state index contributed by atoms with van der Waals surface area (Å²) in [6.07, 6.45) is 3.63. The summed E-state index contributed by atoms with van der Waals surface area (Å²) < 4.78 is 15.1. The summed E-state index contributed by atoms with van der Waals surface area (Å²) in [4.78, 5) is 0.628. The summed E-state index contributed by atoms with van der Waals surface area (Å²) >= 11 is 0. The lowest BCUT2D eigenvalue weighted by atomic mass is 10.2. The Labute approximate surface area is 160 Å². The van der Waals surface area contributed by atoms with Gasteiger partial charge in [-0.2, -0.15) is 0 Å². The van der Waals surface area contributed by atoms with E-state index in [-0.39, 0.29) is 5.75 Å². The van der Waals surface area contributed by atoms with E-state index >= 15 is 0 Å². The Kier molecular flexibility index (Phi) is 4.77. The van der Waals surface area contributed by atoms with Crippen molar-refractivity contribution >= 4 is 34.5 Å². The Bertz CT molecular complexity index is 1030. The van der Waals surface area contributed by atoms with Gasteiger partial charge in [0.05, 0.1) is 6.21 Å². The van der Waals surface area contributed by atoms with Crippen LogP contribution < -0.4 is 10.4 Å². The monoisotopic (exact) mass is 373 g/mol. The van der Waals surface area contributed by atoms with Crippen LogP contribution in [-0.2, 0) is 10.8 Å². The maximum Gasteiger partial charge on any atom is 0.250 e. The molecule has 27 heavy (non-hydrogen) atoms. The molecule has 5 heteroatoms. The molecule has 0 aliphatic carbocycles. The van der Waals surface area contributed by atoms with Gasteiger partial charge < -0.3 is 10.4 Å². The summed E-state index contributed by atoms with van der Waals surface area (Å²) in [5.74, 6) is -0.0698. The second kappa shape index (κ2) is 7.51. The molecule has 1 atom stereocenters. The van der Waals surface area contributed by atoms with Crippen LogP contribution in [0.5, 0.6) is 5.75 Å². The number of hydrogen-bond donors (Lipinski definition) is 1. The predicted octanol–water partition coefficient (Wildman–Crippen LogP) is 3.84. The Morgan fingerprint density at radius 2 is 1.63 bits per heavy atom. The molecule has 1 aliphatic rings. The number of anilines is 1. The Morgan fingerprint density at radius 3 is 2.33 bits per heavy atom. The fraction of sp³-hybridized carbons (Fsp3) is 0. The molecule has 0 bridgehead atoms. The van der Waals surface area contributed by atoms with E-state index in [0.29, 0.717) is 10.4 Å². The van der Waals surface area contributed by atoms with Crippen LogP contribution in [0.1, 0.15) is 5.56 Å². The molecule has 1 unspecified atom stereocenters. The van der Waals surface area contributed by atoms with E-state index in [4.69, 9.17) is 0 Å². The normalized spacial score (nSPS) is 17.8. The zero-order valence-corrected chi connectivity index (χ0v) is 15.2. The fourth-order valence-electron chi connectivity index (χ4n) is 2.83. The maximum atomic E-state index is 13.2. The summed E-state index contributed by atoms with van der Waals surface area (Å²) in [5, 5.41) is 14.9. The highest BCUT2D eigenvalue weighted by molar-refractivity contribution is 7.93. The molecule has 0 amide bonds. The zero-order chi connectivity index (χ0) is 18.6. The van der Waals surface area contributed by atoms with Gasteiger partial charge in [-0.05, 0) is 35.9 Å². The second-order valence-corrected chi connectivity index (χ2v) is 7.41. The van der Waals surface area contributed by atoms with Crippen molar-refractivity contribution in [2.45, 2.75) is 0 Å². The summed E-state index contributed by atoms with van der Waals surface area (Å²) in [7, 11) is -1.40. The number of hydrogen-bond acceptors (Lipinski definition) is 3. The molecule has 134 valence electrons. The highest BCUT2D eigenvalue weighted by Gasteiger charge is 2.32. The molecule has 3 aromatic carbocycles. The molecule has 0 aromatic heterocycles. The number of nitrogens with zero attached hydrogens (tertiary/aromatic N) is 1. The van der Waals surface area contributed by atoms with Crippen LogP contribution in [0.25, 0.3) is 6.08 Å². The highest BCUT2D eigenvalue weighted by Crippen LogP contribution is 2.31. The van der Waals surface area contributed by atoms with Crippen LogP contribution >= 0.6 is 0 Å². The SMILES string of the molecule is O=S1C(=Cc2cccc([O-])c2)C=[N+](c2ccccc2)[C-]1Nc1ccccc1. The Hall–Kier alpha value is -3.31. The number of nitrogens with one attached hydrogen (secondary N) is 1. The van der Waals surface area contributed by atoms with Crippen molar-refractivity contribution in [2.75, 3.05) is 5.32 Å². The van der Waals surface area contributed by atoms with Crippen molar-refractivity contribution in [3.05, 3.63) is 101 Å². The van der Waals surface area contributed by atoms with Gasteiger partial charge in [0.15, 0.2) is 0 Å². The van der Waals surface area contributed by atoms with E-state index in [0.717, 1.165) is 16.9 Å². The van der Waals surface area contributed by atoms with Gasteiger partial charge in [0, 0.05) is 10.6 Å². The molecule has 0 fully saturated rings. The van der Waals surface area contributed by atoms with Gasteiger partial charge in [-0.3, -0.25) is 8.78 Å². The third-order valence-corrected chi connectivity index (χ3v) is 5.39. The van der Waals surface area contributed by atoms with Crippen LogP contribution in [0.3, 0.4) is 0 Å². The quantitative estimate of drug-likeness (QED) is 0.558. The van der Waals surface area contributed by atoms with Gasteiger partial charge in [-0.25, -0.2) is 0 Å². The Balaban J connectivity index is 1.74. The fourth-order valence-corrected chi connectivity index (χ4v) is 4.04. The third-order valence-electron chi connectivity index (χ3n) is 4.09. The van der Waals surface area contributed by atoms with E-state index in [2.05, 4.69) is 5.32 Å². The van der Waals surface area contributed by atoms with Crippen LogP contribution in [-0.4, -0.2) is 15.0 Å². The lowest BCUT2D eigenvalue weighted by Crippen LogP contribution is -2.21. The van der Waals surface area contributed by atoms with Crippen molar-refractivity contribution in [2.24, 2.45) is 0 Å². The highest BCUT2D eigenvalue weighted by atomic mass is 32.2. The molecule has 3 aromatic rings. The average Bonchev–Trinajstić information content (AvgIpc) is 2.99. The number of benzene rings is 3. The van der Waals surface area contributed by atoms with Gasteiger partial charge in [-0.15, -0.1) is 5.75 Å². The number of para-hydroxylation sites is 2. The lowest BCUT2D eigenvalue weighted by Gasteiger charge is -2.18. The molecule has 1 aliphatic heterocycles.